The topological polar surface area (TPSA) is 35.6 Å². The molecular formula is C52H34N4. The van der Waals surface area contributed by atoms with Gasteiger partial charge in [0.2, 0.25) is 0 Å². The highest BCUT2D eigenvalue weighted by Gasteiger charge is 2.17. The maximum Gasteiger partial charge on any atom is 0.160 e. The predicted octanol–water partition coefficient (Wildman–Crippen LogP) is 13.3. The molecule has 0 saturated carbocycles. The number of rotatable bonds is 6. The molecule has 0 N–H and O–H groups in total. The molecule has 0 amide bonds. The van der Waals surface area contributed by atoms with Crippen LogP contribution in [-0.4, -0.2) is 19.1 Å². The first kappa shape index (κ1) is 31.9. The third kappa shape index (κ3) is 5.31. The molecule has 3 aromatic heterocycles. The van der Waals surface area contributed by atoms with Gasteiger partial charge in [0.15, 0.2) is 5.82 Å². The lowest BCUT2D eigenvalue weighted by Crippen LogP contribution is -1.96. The summed E-state index contributed by atoms with van der Waals surface area (Å²) in [5.74, 6) is 0.717. The van der Waals surface area contributed by atoms with Crippen molar-refractivity contribution in [3.63, 3.8) is 0 Å². The summed E-state index contributed by atoms with van der Waals surface area (Å²) in [6, 6.07) is 73.2. The average Bonchev–Trinajstić information content (AvgIpc) is 3.79. The van der Waals surface area contributed by atoms with Crippen LogP contribution in [0.5, 0.6) is 0 Å². The van der Waals surface area contributed by atoms with E-state index in [1.54, 1.807) is 0 Å². The van der Waals surface area contributed by atoms with Gasteiger partial charge in [0, 0.05) is 49.6 Å². The Morgan fingerprint density at radius 2 is 0.661 bits per heavy atom. The number of fused-ring (bicyclic) bond motifs is 6. The Bertz CT molecular complexity index is 3100. The molecule has 3 heterocycles. The number of aromatic nitrogens is 4. The van der Waals surface area contributed by atoms with E-state index in [4.69, 9.17) is 9.97 Å². The molecular weight excluding hydrogens is 681 g/mol. The second-order valence-corrected chi connectivity index (χ2v) is 14.2. The quantitative estimate of drug-likeness (QED) is 0.172. The monoisotopic (exact) mass is 714 g/mol. The number of benzene rings is 8. The van der Waals surface area contributed by atoms with Gasteiger partial charge in [-0.2, -0.15) is 0 Å². The molecule has 0 unspecified atom stereocenters. The first-order valence-corrected chi connectivity index (χ1v) is 19.0. The molecule has 11 aromatic rings. The standard InChI is InChI=1S/C52H34N4/c1-3-13-37(14-4-1)46-34-47(54-52(53-46)39-15-5-2-6-16-39)38-25-23-35(24-26-38)36-27-29-40(30-28-36)55-50-22-12-9-19-44(50)45-33-41(31-32-51(45)55)56-48-20-10-7-17-42(48)43-18-8-11-21-49(43)56/h1-34H. The van der Waals surface area contributed by atoms with Gasteiger partial charge in [-0.15, -0.1) is 0 Å². The Morgan fingerprint density at radius 1 is 0.268 bits per heavy atom. The number of hydrogen-bond acceptors (Lipinski definition) is 2. The van der Waals surface area contributed by atoms with Gasteiger partial charge in [0.05, 0.1) is 33.5 Å². The molecule has 0 bridgehead atoms. The van der Waals surface area contributed by atoms with Gasteiger partial charge < -0.3 is 9.13 Å². The van der Waals surface area contributed by atoms with Crippen molar-refractivity contribution in [2.75, 3.05) is 0 Å². The molecule has 0 atom stereocenters. The van der Waals surface area contributed by atoms with Crippen LogP contribution < -0.4 is 0 Å². The van der Waals surface area contributed by atoms with Crippen LogP contribution in [0.15, 0.2) is 206 Å². The Labute approximate surface area is 324 Å². The van der Waals surface area contributed by atoms with Crippen LogP contribution in [0.3, 0.4) is 0 Å². The Morgan fingerprint density at radius 3 is 1.23 bits per heavy atom. The highest BCUT2D eigenvalue weighted by Crippen LogP contribution is 2.37. The van der Waals surface area contributed by atoms with E-state index in [1.807, 2.05) is 36.4 Å². The number of para-hydroxylation sites is 3. The highest BCUT2D eigenvalue weighted by molar-refractivity contribution is 6.12. The number of hydrogen-bond donors (Lipinski definition) is 0. The van der Waals surface area contributed by atoms with Crippen molar-refractivity contribution in [2.24, 2.45) is 0 Å². The lowest BCUT2D eigenvalue weighted by atomic mass is 10.0. The van der Waals surface area contributed by atoms with Crippen molar-refractivity contribution in [1.29, 1.82) is 0 Å². The van der Waals surface area contributed by atoms with Gasteiger partial charge in [-0.1, -0.05) is 152 Å². The second-order valence-electron chi connectivity index (χ2n) is 14.2. The number of nitrogens with zero attached hydrogens (tertiary/aromatic N) is 4. The summed E-state index contributed by atoms with van der Waals surface area (Å²) in [5.41, 5.74) is 14.3. The average molecular weight is 715 g/mol. The fraction of sp³-hybridized carbons (Fsp3) is 0. The summed E-state index contributed by atoms with van der Waals surface area (Å²) in [7, 11) is 0. The zero-order chi connectivity index (χ0) is 37.0. The zero-order valence-corrected chi connectivity index (χ0v) is 30.4. The Kier molecular flexibility index (Phi) is 7.46. The summed E-state index contributed by atoms with van der Waals surface area (Å²) in [6.07, 6.45) is 0. The summed E-state index contributed by atoms with van der Waals surface area (Å²) in [4.78, 5) is 9.98. The summed E-state index contributed by atoms with van der Waals surface area (Å²) in [5, 5.41) is 5.00. The van der Waals surface area contributed by atoms with Gasteiger partial charge in [-0.05, 0) is 65.7 Å². The molecule has 0 spiro atoms. The van der Waals surface area contributed by atoms with E-state index in [2.05, 4.69) is 179 Å². The molecule has 0 aliphatic heterocycles. The molecule has 262 valence electrons. The van der Waals surface area contributed by atoms with Crippen molar-refractivity contribution in [1.82, 2.24) is 19.1 Å². The van der Waals surface area contributed by atoms with Crippen molar-refractivity contribution in [2.45, 2.75) is 0 Å². The van der Waals surface area contributed by atoms with E-state index in [0.29, 0.717) is 0 Å². The highest BCUT2D eigenvalue weighted by atomic mass is 15.0. The van der Waals surface area contributed by atoms with E-state index in [0.717, 1.165) is 56.4 Å². The van der Waals surface area contributed by atoms with E-state index in [1.165, 1.54) is 43.6 Å². The zero-order valence-electron chi connectivity index (χ0n) is 30.4. The Balaban J connectivity index is 0.953. The minimum Gasteiger partial charge on any atom is -0.309 e. The molecule has 4 nitrogen and oxygen atoms in total. The van der Waals surface area contributed by atoms with Gasteiger partial charge in [-0.3, -0.25) is 0 Å². The summed E-state index contributed by atoms with van der Waals surface area (Å²) in [6.45, 7) is 0. The fourth-order valence-electron chi connectivity index (χ4n) is 8.28. The third-order valence-corrected chi connectivity index (χ3v) is 11.0. The summed E-state index contributed by atoms with van der Waals surface area (Å²) >= 11 is 0. The Hall–Kier alpha value is -7.56. The molecule has 0 aliphatic rings. The van der Waals surface area contributed by atoms with Crippen LogP contribution in [0.1, 0.15) is 0 Å². The van der Waals surface area contributed by atoms with E-state index < -0.39 is 0 Å². The van der Waals surface area contributed by atoms with E-state index in [9.17, 15) is 0 Å². The lowest BCUT2D eigenvalue weighted by molar-refractivity contribution is 1.17. The first-order chi connectivity index (χ1) is 27.8. The molecule has 4 heteroatoms. The van der Waals surface area contributed by atoms with Crippen molar-refractivity contribution >= 4 is 43.6 Å². The first-order valence-electron chi connectivity index (χ1n) is 19.0. The third-order valence-electron chi connectivity index (χ3n) is 11.0. The minimum atomic E-state index is 0.717. The normalized spacial score (nSPS) is 11.6. The van der Waals surface area contributed by atoms with E-state index in [-0.39, 0.29) is 0 Å². The second kappa shape index (κ2) is 13.1. The van der Waals surface area contributed by atoms with Crippen molar-refractivity contribution in [3.8, 4) is 56.4 Å². The largest absolute Gasteiger partial charge is 0.309 e. The minimum absolute atomic E-state index is 0.717. The van der Waals surface area contributed by atoms with Crippen molar-refractivity contribution < 1.29 is 0 Å². The van der Waals surface area contributed by atoms with Crippen LogP contribution in [0.4, 0.5) is 0 Å². The fourth-order valence-corrected chi connectivity index (χ4v) is 8.28. The van der Waals surface area contributed by atoms with Crippen LogP contribution in [0.25, 0.3) is 100 Å². The molecule has 0 aliphatic carbocycles. The van der Waals surface area contributed by atoms with Crippen LogP contribution in [0.2, 0.25) is 0 Å². The molecule has 0 fully saturated rings. The van der Waals surface area contributed by atoms with Gasteiger partial charge in [0.1, 0.15) is 0 Å². The van der Waals surface area contributed by atoms with Crippen molar-refractivity contribution in [3.05, 3.63) is 206 Å². The van der Waals surface area contributed by atoms with Crippen LogP contribution in [0, 0.1) is 0 Å². The van der Waals surface area contributed by atoms with E-state index >= 15 is 0 Å². The van der Waals surface area contributed by atoms with Gasteiger partial charge in [0.25, 0.3) is 0 Å². The SMILES string of the molecule is c1ccc(-c2cc(-c3ccc(-c4ccc(-n5c6ccccc6c6cc(-n7c8ccccc8c8ccccc87)ccc65)cc4)cc3)nc(-c3ccccc3)n2)cc1. The molecule has 0 radical (unpaired) electrons. The lowest BCUT2D eigenvalue weighted by Gasteiger charge is -2.12. The summed E-state index contributed by atoms with van der Waals surface area (Å²) < 4.78 is 4.78. The molecule has 0 saturated heterocycles. The molecule has 56 heavy (non-hydrogen) atoms. The predicted molar refractivity (Wildman–Crippen MR) is 232 cm³/mol. The van der Waals surface area contributed by atoms with Crippen LogP contribution in [-0.2, 0) is 0 Å². The maximum absolute atomic E-state index is 5.02. The maximum atomic E-state index is 5.02. The van der Waals surface area contributed by atoms with Gasteiger partial charge in [-0.25, -0.2) is 9.97 Å². The van der Waals surface area contributed by atoms with Crippen LogP contribution >= 0.6 is 0 Å². The van der Waals surface area contributed by atoms with Gasteiger partial charge >= 0.3 is 0 Å². The molecule has 8 aromatic carbocycles. The molecule has 11 rings (SSSR count). The smallest absolute Gasteiger partial charge is 0.160 e.